The highest BCUT2D eigenvalue weighted by molar-refractivity contribution is 7.15. The number of aryl methyl sites for hydroxylation is 3. The Balaban J connectivity index is 1.52. The summed E-state index contributed by atoms with van der Waals surface area (Å²) < 4.78 is 1.90. The molecule has 6 nitrogen and oxygen atoms in total. The van der Waals surface area contributed by atoms with Crippen molar-refractivity contribution in [2.45, 2.75) is 39.3 Å². The van der Waals surface area contributed by atoms with E-state index in [-0.39, 0.29) is 0 Å². The second kappa shape index (κ2) is 7.17. The second-order valence-corrected chi connectivity index (χ2v) is 8.13. The summed E-state index contributed by atoms with van der Waals surface area (Å²) in [5, 5.41) is 8.69. The average molecular weight is 369 g/mol. The zero-order valence-corrected chi connectivity index (χ0v) is 16.3. The molecule has 3 aromatic rings. The quantitative estimate of drug-likeness (QED) is 0.738. The summed E-state index contributed by atoms with van der Waals surface area (Å²) in [6, 6.07) is 6.58. The van der Waals surface area contributed by atoms with Crippen molar-refractivity contribution >= 4 is 22.3 Å². The van der Waals surface area contributed by atoms with Gasteiger partial charge in [0.1, 0.15) is 5.82 Å². The number of thiazole rings is 1. The Bertz CT molecular complexity index is 899. The number of hydrogen-bond acceptors (Lipinski definition) is 6. The first kappa shape index (κ1) is 17.2. The van der Waals surface area contributed by atoms with Gasteiger partial charge in [0.2, 0.25) is 0 Å². The van der Waals surface area contributed by atoms with Crippen LogP contribution in [0.3, 0.4) is 0 Å². The Labute approximate surface area is 157 Å². The number of likely N-dealkylation sites (tertiary alicyclic amines) is 1. The Morgan fingerprint density at radius 3 is 2.92 bits per heavy atom. The summed E-state index contributed by atoms with van der Waals surface area (Å²) in [5.41, 5.74) is 3.54. The number of pyridine rings is 1. The minimum Gasteiger partial charge on any atom is -0.316 e. The third-order valence-electron chi connectivity index (χ3n) is 4.82. The molecule has 4 heterocycles. The Morgan fingerprint density at radius 1 is 1.31 bits per heavy atom. The standard InChI is InChI=1S/C19H24N6S/c1-13-10-20-19(26-13)22-18-8-4-6-16(21-18)17-7-5-9-25(17)12-15-11-24(3)23-14(15)2/h4,6,8,10-11,17H,5,7,9,12H2,1-3H3,(H,20,21,22). The van der Waals surface area contributed by atoms with Gasteiger partial charge in [-0.1, -0.05) is 6.07 Å². The van der Waals surface area contributed by atoms with Gasteiger partial charge < -0.3 is 5.32 Å². The van der Waals surface area contributed by atoms with Gasteiger partial charge in [-0.05, 0) is 45.4 Å². The molecule has 7 heteroatoms. The largest absolute Gasteiger partial charge is 0.316 e. The van der Waals surface area contributed by atoms with Gasteiger partial charge in [0.15, 0.2) is 5.13 Å². The van der Waals surface area contributed by atoms with Crippen molar-refractivity contribution in [3.05, 3.63) is 52.4 Å². The fourth-order valence-electron chi connectivity index (χ4n) is 3.60. The first-order valence-electron chi connectivity index (χ1n) is 8.98. The SMILES string of the molecule is Cc1cnc(Nc2cccc(C3CCCN3Cc3cn(C)nc3C)n2)s1. The number of nitrogens with zero attached hydrogens (tertiary/aromatic N) is 5. The Hall–Kier alpha value is -2.25. The normalized spacial score (nSPS) is 17.7. The molecule has 1 N–H and O–H groups in total. The van der Waals surface area contributed by atoms with Crippen molar-refractivity contribution in [2.75, 3.05) is 11.9 Å². The molecule has 1 unspecified atom stereocenters. The summed E-state index contributed by atoms with van der Waals surface area (Å²) in [7, 11) is 1.98. The van der Waals surface area contributed by atoms with Gasteiger partial charge in [-0.3, -0.25) is 9.58 Å². The molecule has 26 heavy (non-hydrogen) atoms. The van der Waals surface area contributed by atoms with E-state index in [0.29, 0.717) is 6.04 Å². The fraction of sp³-hybridized carbons (Fsp3) is 0.421. The van der Waals surface area contributed by atoms with Crippen LogP contribution in [0.5, 0.6) is 0 Å². The predicted molar refractivity (Wildman–Crippen MR) is 105 cm³/mol. The maximum atomic E-state index is 4.87. The van der Waals surface area contributed by atoms with Crippen LogP contribution in [0.4, 0.5) is 10.9 Å². The van der Waals surface area contributed by atoms with E-state index in [2.05, 4.69) is 52.5 Å². The number of nitrogens with one attached hydrogen (secondary N) is 1. The molecule has 1 atom stereocenters. The molecule has 0 saturated carbocycles. The first-order chi connectivity index (χ1) is 12.6. The predicted octanol–water partition coefficient (Wildman–Crippen LogP) is 3.97. The van der Waals surface area contributed by atoms with Crippen LogP contribution in [0.2, 0.25) is 0 Å². The van der Waals surface area contributed by atoms with E-state index in [0.717, 1.165) is 41.8 Å². The van der Waals surface area contributed by atoms with E-state index in [9.17, 15) is 0 Å². The lowest BCUT2D eigenvalue weighted by molar-refractivity contribution is 0.244. The summed E-state index contributed by atoms with van der Waals surface area (Å²) in [6.45, 7) is 6.17. The number of anilines is 2. The van der Waals surface area contributed by atoms with Crippen LogP contribution in [0.15, 0.2) is 30.6 Å². The molecule has 1 aliphatic heterocycles. The van der Waals surface area contributed by atoms with Gasteiger partial charge >= 0.3 is 0 Å². The van der Waals surface area contributed by atoms with Crippen molar-refractivity contribution in [2.24, 2.45) is 7.05 Å². The summed E-state index contributed by atoms with van der Waals surface area (Å²) in [5.74, 6) is 0.862. The molecule has 1 saturated heterocycles. The lowest BCUT2D eigenvalue weighted by Gasteiger charge is -2.24. The first-order valence-corrected chi connectivity index (χ1v) is 9.80. The molecule has 0 amide bonds. The molecular formula is C19H24N6S. The van der Waals surface area contributed by atoms with E-state index in [1.165, 1.54) is 16.9 Å². The van der Waals surface area contributed by atoms with Crippen molar-refractivity contribution in [1.82, 2.24) is 24.6 Å². The lowest BCUT2D eigenvalue weighted by atomic mass is 10.1. The monoisotopic (exact) mass is 368 g/mol. The Morgan fingerprint density at radius 2 is 2.19 bits per heavy atom. The van der Waals surface area contributed by atoms with Crippen molar-refractivity contribution in [3.63, 3.8) is 0 Å². The van der Waals surface area contributed by atoms with Gasteiger partial charge in [-0.25, -0.2) is 9.97 Å². The molecule has 0 radical (unpaired) electrons. The molecule has 1 aliphatic rings. The summed E-state index contributed by atoms with van der Waals surface area (Å²) in [4.78, 5) is 13.0. The van der Waals surface area contributed by atoms with Gasteiger partial charge in [0.25, 0.3) is 0 Å². The zero-order valence-electron chi connectivity index (χ0n) is 15.4. The van der Waals surface area contributed by atoms with E-state index in [4.69, 9.17) is 4.98 Å². The van der Waals surface area contributed by atoms with Crippen molar-refractivity contribution in [1.29, 1.82) is 0 Å². The highest BCUT2D eigenvalue weighted by Gasteiger charge is 2.28. The fourth-order valence-corrected chi connectivity index (χ4v) is 4.27. The van der Waals surface area contributed by atoms with Gasteiger partial charge in [0, 0.05) is 36.4 Å². The van der Waals surface area contributed by atoms with E-state index < -0.39 is 0 Å². The van der Waals surface area contributed by atoms with Crippen molar-refractivity contribution in [3.8, 4) is 0 Å². The molecule has 0 aliphatic carbocycles. The van der Waals surface area contributed by atoms with Crippen LogP contribution in [0.25, 0.3) is 0 Å². The number of rotatable bonds is 5. The minimum absolute atomic E-state index is 0.356. The summed E-state index contributed by atoms with van der Waals surface area (Å²) >= 11 is 1.65. The van der Waals surface area contributed by atoms with Gasteiger partial charge in [-0.15, -0.1) is 11.3 Å². The number of hydrogen-bond donors (Lipinski definition) is 1. The van der Waals surface area contributed by atoms with Crippen LogP contribution in [0.1, 0.15) is 40.7 Å². The molecule has 0 spiro atoms. The van der Waals surface area contributed by atoms with E-state index in [1.807, 2.05) is 24.0 Å². The van der Waals surface area contributed by atoms with Gasteiger partial charge in [-0.2, -0.15) is 5.10 Å². The second-order valence-electron chi connectivity index (χ2n) is 6.89. The zero-order chi connectivity index (χ0) is 18.1. The van der Waals surface area contributed by atoms with Crippen LogP contribution in [-0.2, 0) is 13.6 Å². The molecule has 0 bridgehead atoms. The smallest absolute Gasteiger partial charge is 0.188 e. The highest BCUT2D eigenvalue weighted by Crippen LogP contribution is 2.33. The maximum absolute atomic E-state index is 4.87. The van der Waals surface area contributed by atoms with Gasteiger partial charge in [0.05, 0.1) is 17.4 Å². The molecule has 3 aromatic heterocycles. The lowest BCUT2D eigenvalue weighted by Crippen LogP contribution is -2.23. The van der Waals surface area contributed by atoms with Crippen LogP contribution in [0, 0.1) is 13.8 Å². The average Bonchev–Trinajstić information content (AvgIpc) is 3.30. The number of aromatic nitrogens is 4. The third-order valence-corrected chi connectivity index (χ3v) is 5.65. The molecule has 136 valence electrons. The summed E-state index contributed by atoms with van der Waals surface area (Å²) in [6.07, 6.45) is 6.35. The molecular weight excluding hydrogens is 344 g/mol. The third kappa shape index (κ3) is 3.64. The van der Waals surface area contributed by atoms with Crippen LogP contribution < -0.4 is 5.32 Å². The molecule has 4 rings (SSSR count). The van der Waals surface area contributed by atoms with Crippen LogP contribution in [-0.4, -0.2) is 31.2 Å². The minimum atomic E-state index is 0.356. The van der Waals surface area contributed by atoms with E-state index in [1.54, 1.807) is 11.3 Å². The Kier molecular flexibility index (Phi) is 4.74. The maximum Gasteiger partial charge on any atom is 0.188 e. The topological polar surface area (TPSA) is 58.9 Å². The highest BCUT2D eigenvalue weighted by atomic mass is 32.1. The molecule has 1 fully saturated rings. The molecule has 0 aromatic carbocycles. The van der Waals surface area contributed by atoms with Crippen molar-refractivity contribution < 1.29 is 0 Å². The van der Waals surface area contributed by atoms with E-state index >= 15 is 0 Å². The van der Waals surface area contributed by atoms with Crippen LogP contribution >= 0.6 is 11.3 Å².